The van der Waals surface area contributed by atoms with Crippen molar-refractivity contribution >= 4 is 33.2 Å². The molecule has 0 saturated carbocycles. The standard InChI is InChI=1S/C19H22BrN3O/c1-15-13-16(7-8-18(15)20)21-19(24)14-22-9-11-23(12-10-22)17-5-3-2-4-6-17/h2-8,13H,9-12,14H2,1H3,(H,21,24)/p+1. The molecule has 0 spiro atoms. The van der Waals surface area contributed by atoms with Gasteiger partial charge in [0.25, 0.3) is 5.91 Å². The summed E-state index contributed by atoms with van der Waals surface area (Å²) in [6, 6.07) is 16.4. The molecule has 0 aliphatic carbocycles. The molecule has 1 aliphatic heterocycles. The first-order chi connectivity index (χ1) is 11.6. The Kier molecular flexibility index (Phi) is 5.53. The number of aryl methyl sites for hydroxylation is 1. The van der Waals surface area contributed by atoms with E-state index < -0.39 is 0 Å². The van der Waals surface area contributed by atoms with Gasteiger partial charge in [0.05, 0.1) is 26.2 Å². The molecule has 24 heavy (non-hydrogen) atoms. The molecule has 2 aromatic rings. The third-order valence-electron chi connectivity index (χ3n) is 4.44. The highest BCUT2D eigenvalue weighted by atomic mass is 79.9. The van der Waals surface area contributed by atoms with Crippen molar-refractivity contribution in [2.24, 2.45) is 0 Å². The van der Waals surface area contributed by atoms with Crippen LogP contribution >= 0.6 is 15.9 Å². The number of hydrogen-bond donors (Lipinski definition) is 2. The third-order valence-corrected chi connectivity index (χ3v) is 5.33. The molecular formula is C19H23BrN3O+. The summed E-state index contributed by atoms with van der Waals surface area (Å²) >= 11 is 3.48. The van der Waals surface area contributed by atoms with Gasteiger partial charge in [-0.25, -0.2) is 0 Å². The fraction of sp³-hybridized carbons (Fsp3) is 0.316. The average molecular weight is 389 g/mol. The summed E-state index contributed by atoms with van der Waals surface area (Å²) in [6.45, 7) is 6.50. The lowest BCUT2D eigenvalue weighted by molar-refractivity contribution is -0.892. The van der Waals surface area contributed by atoms with E-state index in [1.54, 1.807) is 0 Å². The van der Waals surface area contributed by atoms with Gasteiger partial charge in [-0.05, 0) is 42.8 Å². The number of carbonyl (C=O) groups excluding carboxylic acids is 1. The van der Waals surface area contributed by atoms with Crippen LogP contribution in [0.5, 0.6) is 0 Å². The average Bonchev–Trinajstić information content (AvgIpc) is 2.59. The lowest BCUT2D eigenvalue weighted by atomic mass is 10.2. The highest BCUT2D eigenvalue weighted by molar-refractivity contribution is 9.10. The number of anilines is 2. The summed E-state index contributed by atoms with van der Waals surface area (Å²) in [5.41, 5.74) is 3.26. The predicted molar refractivity (Wildman–Crippen MR) is 102 cm³/mol. The van der Waals surface area contributed by atoms with Crippen molar-refractivity contribution in [1.82, 2.24) is 0 Å². The minimum Gasteiger partial charge on any atom is -0.360 e. The van der Waals surface area contributed by atoms with Gasteiger partial charge in [-0.3, -0.25) is 4.79 Å². The van der Waals surface area contributed by atoms with Crippen LogP contribution in [0.3, 0.4) is 0 Å². The molecule has 2 aromatic carbocycles. The third kappa shape index (κ3) is 4.36. The summed E-state index contributed by atoms with van der Waals surface area (Å²) in [6.07, 6.45) is 0. The molecule has 4 nitrogen and oxygen atoms in total. The zero-order chi connectivity index (χ0) is 16.9. The molecule has 1 heterocycles. The van der Waals surface area contributed by atoms with E-state index in [2.05, 4.69) is 50.4 Å². The number of hydrogen-bond acceptors (Lipinski definition) is 2. The van der Waals surface area contributed by atoms with E-state index in [-0.39, 0.29) is 5.91 Å². The number of quaternary nitrogens is 1. The minimum atomic E-state index is 0.0832. The Bertz CT molecular complexity index is 697. The SMILES string of the molecule is Cc1cc(NC(=O)C[NH+]2CCN(c3ccccc3)CC2)ccc1Br. The first kappa shape index (κ1) is 17.0. The first-order valence-corrected chi connectivity index (χ1v) is 9.11. The second-order valence-corrected chi connectivity index (χ2v) is 7.12. The largest absolute Gasteiger partial charge is 0.360 e. The number of benzene rings is 2. The van der Waals surface area contributed by atoms with Gasteiger partial charge >= 0.3 is 0 Å². The zero-order valence-electron chi connectivity index (χ0n) is 13.9. The van der Waals surface area contributed by atoms with E-state index in [9.17, 15) is 4.79 Å². The molecule has 0 aromatic heterocycles. The Balaban J connectivity index is 1.49. The van der Waals surface area contributed by atoms with E-state index in [4.69, 9.17) is 0 Å². The summed E-state index contributed by atoms with van der Waals surface area (Å²) in [5, 5.41) is 3.01. The fourth-order valence-electron chi connectivity index (χ4n) is 3.05. The van der Waals surface area contributed by atoms with Crippen molar-refractivity contribution < 1.29 is 9.69 Å². The Hall–Kier alpha value is -1.85. The molecule has 1 aliphatic rings. The Morgan fingerprint density at radius 3 is 2.54 bits per heavy atom. The molecule has 0 bridgehead atoms. The van der Waals surface area contributed by atoms with Gasteiger partial charge in [0.1, 0.15) is 0 Å². The van der Waals surface area contributed by atoms with E-state index in [1.807, 2.05) is 31.2 Å². The molecule has 2 N–H and O–H groups in total. The molecule has 126 valence electrons. The summed E-state index contributed by atoms with van der Waals surface area (Å²) in [5.74, 6) is 0.0832. The van der Waals surface area contributed by atoms with Crippen LogP contribution in [0.2, 0.25) is 0 Å². The van der Waals surface area contributed by atoms with Crippen molar-refractivity contribution in [2.45, 2.75) is 6.92 Å². The lowest BCUT2D eigenvalue weighted by Crippen LogP contribution is -3.15. The maximum atomic E-state index is 12.3. The van der Waals surface area contributed by atoms with Crippen molar-refractivity contribution in [3.63, 3.8) is 0 Å². The lowest BCUT2D eigenvalue weighted by Gasteiger charge is -2.33. The monoisotopic (exact) mass is 388 g/mol. The van der Waals surface area contributed by atoms with E-state index in [1.165, 1.54) is 10.6 Å². The van der Waals surface area contributed by atoms with Crippen molar-refractivity contribution in [1.29, 1.82) is 0 Å². The smallest absolute Gasteiger partial charge is 0.279 e. The maximum absolute atomic E-state index is 12.3. The normalized spacial score (nSPS) is 15.3. The summed E-state index contributed by atoms with van der Waals surface area (Å²) < 4.78 is 1.06. The van der Waals surface area contributed by atoms with Gasteiger partial charge in [0, 0.05) is 15.8 Å². The van der Waals surface area contributed by atoms with E-state index in [0.29, 0.717) is 6.54 Å². The molecule has 0 atom stereocenters. The van der Waals surface area contributed by atoms with Gasteiger partial charge in [0.15, 0.2) is 6.54 Å². The number of para-hydroxylation sites is 1. The Morgan fingerprint density at radius 1 is 1.17 bits per heavy atom. The van der Waals surface area contributed by atoms with Crippen LogP contribution in [0.1, 0.15) is 5.56 Å². The van der Waals surface area contributed by atoms with Crippen LogP contribution in [-0.4, -0.2) is 38.6 Å². The van der Waals surface area contributed by atoms with Gasteiger partial charge < -0.3 is 15.1 Å². The number of piperazine rings is 1. The molecule has 3 rings (SSSR count). The van der Waals surface area contributed by atoms with Gasteiger partial charge in [-0.15, -0.1) is 0 Å². The second kappa shape index (κ2) is 7.81. The van der Waals surface area contributed by atoms with Crippen LogP contribution in [0, 0.1) is 6.92 Å². The zero-order valence-corrected chi connectivity index (χ0v) is 15.5. The van der Waals surface area contributed by atoms with Crippen molar-refractivity contribution in [3.8, 4) is 0 Å². The van der Waals surface area contributed by atoms with Crippen LogP contribution < -0.4 is 15.1 Å². The van der Waals surface area contributed by atoms with Gasteiger partial charge in [-0.1, -0.05) is 34.1 Å². The molecule has 1 amide bonds. The van der Waals surface area contributed by atoms with Crippen LogP contribution in [0.25, 0.3) is 0 Å². The number of halogens is 1. The van der Waals surface area contributed by atoms with Crippen molar-refractivity contribution in [2.75, 3.05) is 42.9 Å². The quantitative estimate of drug-likeness (QED) is 0.841. The number of rotatable bonds is 4. The minimum absolute atomic E-state index is 0.0832. The maximum Gasteiger partial charge on any atom is 0.279 e. The topological polar surface area (TPSA) is 36.8 Å². The second-order valence-electron chi connectivity index (χ2n) is 6.26. The molecule has 5 heteroatoms. The van der Waals surface area contributed by atoms with Crippen LogP contribution in [0.4, 0.5) is 11.4 Å². The molecule has 1 fully saturated rings. The number of nitrogens with zero attached hydrogens (tertiary/aromatic N) is 1. The van der Waals surface area contributed by atoms with E-state index in [0.717, 1.165) is 41.9 Å². The first-order valence-electron chi connectivity index (χ1n) is 8.31. The molecule has 1 saturated heterocycles. The fourth-order valence-corrected chi connectivity index (χ4v) is 3.30. The van der Waals surface area contributed by atoms with Crippen LogP contribution in [0.15, 0.2) is 53.0 Å². The molecule has 0 unspecified atom stereocenters. The molecule has 0 radical (unpaired) electrons. The number of amides is 1. The number of nitrogens with one attached hydrogen (secondary N) is 2. The highest BCUT2D eigenvalue weighted by Crippen LogP contribution is 2.19. The summed E-state index contributed by atoms with van der Waals surface area (Å²) in [7, 11) is 0. The molecular weight excluding hydrogens is 366 g/mol. The predicted octanol–water partition coefficient (Wildman–Crippen LogP) is 2.10. The van der Waals surface area contributed by atoms with Gasteiger partial charge in [0.2, 0.25) is 0 Å². The van der Waals surface area contributed by atoms with E-state index >= 15 is 0 Å². The van der Waals surface area contributed by atoms with Crippen molar-refractivity contribution in [3.05, 3.63) is 58.6 Å². The summed E-state index contributed by atoms with van der Waals surface area (Å²) in [4.78, 5) is 16.0. The van der Waals surface area contributed by atoms with Gasteiger partial charge in [-0.2, -0.15) is 0 Å². The van der Waals surface area contributed by atoms with Crippen LogP contribution in [-0.2, 0) is 4.79 Å². The highest BCUT2D eigenvalue weighted by Gasteiger charge is 2.22. The Morgan fingerprint density at radius 2 is 1.88 bits per heavy atom. The Labute approximate surface area is 151 Å². The number of carbonyl (C=O) groups is 1.